The van der Waals surface area contributed by atoms with Gasteiger partial charge in [-0.15, -0.1) is 0 Å². The molecule has 6 nitrogen and oxygen atoms in total. The van der Waals surface area contributed by atoms with E-state index in [1.165, 1.54) is 17.4 Å². The molecule has 0 radical (unpaired) electrons. The number of carbonyl (C=O) groups is 1. The Balaban J connectivity index is 1.62. The van der Waals surface area contributed by atoms with Crippen LogP contribution in [-0.2, 0) is 9.84 Å². The van der Waals surface area contributed by atoms with Crippen LogP contribution in [0.25, 0.3) is 15.3 Å². The summed E-state index contributed by atoms with van der Waals surface area (Å²) in [7, 11) is -3.19. The van der Waals surface area contributed by atoms with Crippen LogP contribution >= 0.6 is 11.3 Å². The Hall–Kier alpha value is -2.45. The number of hydrogen-bond donors (Lipinski definition) is 1. The minimum absolute atomic E-state index is 0.0854. The maximum atomic E-state index is 12.4. The molecule has 3 aromatic rings. The second-order valence-electron chi connectivity index (χ2n) is 6.37. The number of fused-ring (bicyclic) bond motifs is 1. The highest BCUT2D eigenvalue weighted by Crippen LogP contribution is 2.28. The van der Waals surface area contributed by atoms with Crippen molar-refractivity contribution in [1.82, 2.24) is 14.9 Å². The van der Waals surface area contributed by atoms with E-state index in [4.69, 9.17) is 0 Å². The highest BCUT2D eigenvalue weighted by atomic mass is 32.2. The van der Waals surface area contributed by atoms with Gasteiger partial charge < -0.3 is 5.32 Å². The summed E-state index contributed by atoms with van der Waals surface area (Å²) in [6, 6.07) is 8.94. The molecule has 1 aliphatic heterocycles. The van der Waals surface area contributed by atoms with E-state index in [1.54, 1.807) is 12.1 Å². The number of nitrogens with one attached hydrogen (secondary N) is 1. The van der Waals surface area contributed by atoms with Crippen molar-refractivity contribution < 1.29 is 13.2 Å². The Labute approximate surface area is 155 Å². The molecule has 1 N–H and O–H groups in total. The number of hydrogen-bond acceptors (Lipinski definition) is 5. The molecular weight excluding hydrogens is 370 g/mol. The maximum Gasteiger partial charge on any atom is 0.251 e. The van der Waals surface area contributed by atoms with Crippen LogP contribution in [0.5, 0.6) is 0 Å². The van der Waals surface area contributed by atoms with E-state index >= 15 is 0 Å². The molecular formula is C18H17N3O3S2. The molecule has 1 atom stereocenters. The number of amides is 1. The van der Waals surface area contributed by atoms with Gasteiger partial charge in [0.25, 0.3) is 5.91 Å². The van der Waals surface area contributed by atoms with Crippen LogP contribution in [0.4, 0.5) is 0 Å². The zero-order chi connectivity index (χ0) is 18.5. The molecule has 0 aliphatic carbocycles. The second-order valence-corrected chi connectivity index (χ2v) is 9.31. The molecule has 8 heteroatoms. The zero-order valence-electron chi connectivity index (χ0n) is 14.3. The number of rotatable bonds is 3. The van der Waals surface area contributed by atoms with E-state index in [0.29, 0.717) is 5.56 Å². The summed E-state index contributed by atoms with van der Waals surface area (Å²) in [6.07, 6.45) is 1.51. The van der Waals surface area contributed by atoms with Gasteiger partial charge in [-0.2, -0.15) is 0 Å². The number of aromatic nitrogens is 2. The largest absolute Gasteiger partial charge is 0.345 e. The van der Waals surface area contributed by atoms with Gasteiger partial charge in [-0.05, 0) is 50.3 Å². The Bertz CT molecular complexity index is 1140. The summed E-state index contributed by atoms with van der Waals surface area (Å²) in [4.78, 5) is 17.1. The summed E-state index contributed by atoms with van der Waals surface area (Å²) >= 11 is 1.52. The number of nitrogens with zero attached hydrogens (tertiary/aromatic N) is 2. The first-order valence-corrected chi connectivity index (χ1v) is 10.6. The molecule has 0 saturated carbocycles. The molecule has 0 bridgehead atoms. The topological polar surface area (TPSA) is 81.1 Å². The van der Waals surface area contributed by atoms with Gasteiger partial charge in [-0.25, -0.2) is 13.4 Å². The lowest BCUT2D eigenvalue weighted by Crippen LogP contribution is -2.35. The van der Waals surface area contributed by atoms with E-state index in [-0.39, 0.29) is 11.7 Å². The van der Waals surface area contributed by atoms with Crippen molar-refractivity contribution in [2.75, 3.05) is 5.75 Å². The quantitative estimate of drug-likeness (QED) is 0.749. The first kappa shape index (κ1) is 17.0. The molecule has 0 fully saturated rings. The number of sulfone groups is 1. The Morgan fingerprint density at radius 3 is 2.62 bits per heavy atom. The van der Waals surface area contributed by atoms with E-state index < -0.39 is 15.9 Å². The highest BCUT2D eigenvalue weighted by Gasteiger charge is 2.23. The number of aryl methyl sites for hydroxylation is 2. The van der Waals surface area contributed by atoms with Crippen molar-refractivity contribution in [3.8, 4) is 5.13 Å². The van der Waals surface area contributed by atoms with E-state index in [0.717, 1.165) is 32.1 Å². The molecule has 26 heavy (non-hydrogen) atoms. The van der Waals surface area contributed by atoms with Gasteiger partial charge in [0.2, 0.25) is 0 Å². The molecule has 1 unspecified atom stereocenters. The maximum absolute atomic E-state index is 12.4. The Morgan fingerprint density at radius 1 is 1.23 bits per heavy atom. The summed E-state index contributed by atoms with van der Waals surface area (Å²) < 4.78 is 25.9. The molecule has 3 heterocycles. The summed E-state index contributed by atoms with van der Waals surface area (Å²) in [5.74, 6) is -0.375. The molecule has 0 saturated heterocycles. The van der Waals surface area contributed by atoms with Crippen LogP contribution in [0.2, 0.25) is 0 Å². The van der Waals surface area contributed by atoms with Gasteiger partial charge in [0.15, 0.2) is 15.0 Å². The van der Waals surface area contributed by atoms with Crippen LogP contribution in [0.1, 0.15) is 21.7 Å². The van der Waals surface area contributed by atoms with Crippen molar-refractivity contribution in [2.24, 2.45) is 0 Å². The molecule has 4 rings (SSSR count). The molecule has 1 aliphatic rings. The van der Waals surface area contributed by atoms with Crippen LogP contribution in [0.15, 0.2) is 41.8 Å². The SMILES string of the molecule is Cc1ccc(C)n1-c1nc2ccc(C(=O)NC3C=CS(=O)(=O)C3)cc2s1. The first-order chi connectivity index (χ1) is 12.3. The lowest BCUT2D eigenvalue weighted by atomic mass is 10.2. The van der Waals surface area contributed by atoms with Crippen molar-refractivity contribution in [1.29, 1.82) is 0 Å². The third-order valence-corrected chi connectivity index (χ3v) is 6.75. The number of carbonyl (C=O) groups excluding carboxylic acids is 1. The van der Waals surface area contributed by atoms with E-state index in [1.807, 2.05) is 32.0 Å². The highest BCUT2D eigenvalue weighted by molar-refractivity contribution is 7.94. The molecule has 1 aromatic carbocycles. The predicted octanol–water partition coefficient (Wildman–Crippen LogP) is 2.74. The van der Waals surface area contributed by atoms with Crippen LogP contribution < -0.4 is 5.32 Å². The average molecular weight is 387 g/mol. The van der Waals surface area contributed by atoms with Gasteiger partial charge in [0, 0.05) is 22.4 Å². The first-order valence-electron chi connectivity index (χ1n) is 8.10. The van der Waals surface area contributed by atoms with Gasteiger partial charge in [0.05, 0.1) is 22.0 Å². The monoisotopic (exact) mass is 387 g/mol. The normalized spacial score (nSPS) is 18.5. The Kier molecular flexibility index (Phi) is 3.96. The van der Waals surface area contributed by atoms with Gasteiger partial charge in [-0.3, -0.25) is 9.36 Å². The molecule has 1 amide bonds. The fourth-order valence-electron chi connectivity index (χ4n) is 3.04. The van der Waals surface area contributed by atoms with E-state index in [9.17, 15) is 13.2 Å². The fourth-order valence-corrected chi connectivity index (χ4v) is 5.40. The van der Waals surface area contributed by atoms with Crippen molar-refractivity contribution in [2.45, 2.75) is 19.9 Å². The fraction of sp³-hybridized carbons (Fsp3) is 0.222. The lowest BCUT2D eigenvalue weighted by Gasteiger charge is -2.09. The Morgan fingerprint density at radius 2 is 1.96 bits per heavy atom. The smallest absolute Gasteiger partial charge is 0.251 e. The average Bonchev–Trinajstić information content (AvgIpc) is 3.23. The standard InChI is InChI=1S/C18H17N3O3S2/c1-11-3-4-12(2)21(11)18-20-15-6-5-13(9-16(15)25-18)17(22)19-14-7-8-26(23,24)10-14/h3-9,14H,10H2,1-2H3,(H,19,22). The summed E-state index contributed by atoms with van der Waals surface area (Å²) in [6.45, 7) is 4.06. The second kappa shape index (κ2) is 6.07. The minimum atomic E-state index is -3.19. The summed E-state index contributed by atoms with van der Waals surface area (Å²) in [5.41, 5.74) is 3.53. The predicted molar refractivity (Wildman–Crippen MR) is 103 cm³/mol. The third-order valence-electron chi connectivity index (χ3n) is 4.35. The van der Waals surface area contributed by atoms with Gasteiger partial charge in [-0.1, -0.05) is 11.3 Å². The summed E-state index contributed by atoms with van der Waals surface area (Å²) in [5, 5.41) is 4.76. The molecule has 134 valence electrons. The van der Waals surface area contributed by atoms with Crippen LogP contribution in [0, 0.1) is 13.8 Å². The number of thiazole rings is 1. The van der Waals surface area contributed by atoms with Gasteiger partial charge in [0.1, 0.15) is 0 Å². The van der Waals surface area contributed by atoms with Crippen molar-refractivity contribution in [3.05, 3.63) is 58.8 Å². The van der Waals surface area contributed by atoms with Crippen molar-refractivity contribution >= 4 is 37.3 Å². The van der Waals surface area contributed by atoms with E-state index in [2.05, 4.69) is 14.9 Å². The van der Waals surface area contributed by atoms with Crippen LogP contribution in [0.3, 0.4) is 0 Å². The number of benzene rings is 1. The minimum Gasteiger partial charge on any atom is -0.345 e. The van der Waals surface area contributed by atoms with Crippen molar-refractivity contribution in [3.63, 3.8) is 0 Å². The van der Waals surface area contributed by atoms with Crippen LogP contribution in [-0.4, -0.2) is 35.7 Å². The lowest BCUT2D eigenvalue weighted by molar-refractivity contribution is 0.0948. The molecule has 2 aromatic heterocycles. The zero-order valence-corrected chi connectivity index (χ0v) is 15.9. The third kappa shape index (κ3) is 3.06. The molecule has 0 spiro atoms. The van der Waals surface area contributed by atoms with Gasteiger partial charge >= 0.3 is 0 Å².